The number of carbonyl (C=O) groups excluding carboxylic acids is 5. The molecule has 1 heterocycles. The first-order chi connectivity index (χ1) is 26.3. The van der Waals surface area contributed by atoms with Crippen molar-refractivity contribution in [2.24, 2.45) is 50.2 Å². The number of aliphatic hydroxyl groups is 2. The van der Waals surface area contributed by atoms with Crippen molar-refractivity contribution in [2.75, 3.05) is 6.61 Å². The molecule has 4 saturated carbocycles. The van der Waals surface area contributed by atoms with Gasteiger partial charge in [-0.25, -0.2) is 0 Å². The van der Waals surface area contributed by atoms with Crippen LogP contribution >= 0.6 is 0 Å². The summed E-state index contributed by atoms with van der Waals surface area (Å²) in [5, 5.41) is 26.9. The van der Waals surface area contributed by atoms with Crippen LogP contribution in [-0.4, -0.2) is 89.5 Å². The smallest absolute Gasteiger partial charge is 0.303 e. The van der Waals surface area contributed by atoms with Gasteiger partial charge < -0.3 is 39.2 Å². The third-order valence-electron chi connectivity index (χ3n) is 16.4. The minimum absolute atomic E-state index is 0.00138. The molecule has 1 amide bonds. The Bertz CT molecular complexity index is 1670. The maximum atomic E-state index is 15.3. The second-order valence-corrected chi connectivity index (χ2v) is 20.4. The molecule has 14 atom stereocenters. The van der Waals surface area contributed by atoms with Crippen molar-refractivity contribution >= 4 is 29.8 Å². The van der Waals surface area contributed by atoms with Crippen molar-refractivity contribution in [3.8, 4) is 0 Å². The summed E-state index contributed by atoms with van der Waals surface area (Å²) in [7, 11) is 0. The summed E-state index contributed by atoms with van der Waals surface area (Å²) in [6, 6.07) is 0. The van der Waals surface area contributed by atoms with Crippen molar-refractivity contribution < 1.29 is 57.9 Å². The molecular formula is C44H67NO12. The lowest BCUT2D eigenvalue weighted by molar-refractivity contribution is -0.258. The number of fused-ring (bicyclic) bond motifs is 7. The van der Waals surface area contributed by atoms with Crippen LogP contribution in [0.3, 0.4) is 0 Å². The van der Waals surface area contributed by atoms with Gasteiger partial charge in [0.1, 0.15) is 12.7 Å². The van der Waals surface area contributed by atoms with Crippen LogP contribution in [-0.2, 0) is 47.7 Å². The van der Waals surface area contributed by atoms with E-state index < -0.39 is 84.0 Å². The van der Waals surface area contributed by atoms with Gasteiger partial charge in [-0.2, -0.15) is 0 Å². The number of nitrogens with one attached hydrogen (secondary N) is 1. The zero-order valence-corrected chi connectivity index (χ0v) is 35.9. The number of rotatable bonds is 7. The first-order valence-electron chi connectivity index (χ1n) is 21.0. The van der Waals surface area contributed by atoms with Gasteiger partial charge in [0.2, 0.25) is 5.91 Å². The van der Waals surface area contributed by atoms with E-state index in [9.17, 15) is 29.4 Å². The molecule has 0 aromatic carbocycles. The average molecular weight is 802 g/mol. The highest BCUT2D eigenvalue weighted by Gasteiger charge is 2.71. The van der Waals surface area contributed by atoms with Crippen LogP contribution in [0.4, 0.5) is 0 Å². The van der Waals surface area contributed by atoms with Crippen LogP contribution in [0.25, 0.3) is 0 Å². The van der Waals surface area contributed by atoms with E-state index in [0.717, 1.165) is 52.9 Å². The van der Waals surface area contributed by atoms with Gasteiger partial charge in [-0.15, -0.1) is 0 Å². The third kappa shape index (κ3) is 7.13. The quantitative estimate of drug-likeness (QED) is 0.171. The Kier molecular flexibility index (Phi) is 11.4. The normalized spacial score (nSPS) is 44.3. The first kappa shape index (κ1) is 43.5. The number of aliphatic hydroxyl groups excluding tert-OH is 2. The van der Waals surface area contributed by atoms with Gasteiger partial charge in [0, 0.05) is 27.7 Å². The van der Waals surface area contributed by atoms with Gasteiger partial charge in [-0.3, -0.25) is 24.0 Å². The van der Waals surface area contributed by atoms with E-state index in [1.54, 1.807) is 0 Å². The molecule has 5 fully saturated rings. The fraction of sp³-hybridized carbons (Fsp3) is 0.841. The lowest BCUT2D eigenvalue weighted by Gasteiger charge is -2.71. The van der Waals surface area contributed by atoms with E-state index in [1.807, 2.05) is 0 Å². The number of carbonyl (C=O) groups is 5. The van der Waals surface area contributed by atoms with Crippen molar-refractivity contribution in [1.29, 1.82) is 0 Å². The fourth-order valence-electron chi connectivity index (χ4n) is 13.4. The van der Waals surface area contributed by atoms with Gasteiger partial charge in [0.05, 0.1) is 17.6 Å². The number of esters is 4. The topological polar surface area (TPSA) is 184 Å². The molecule has 6 aliphatic rings. The molecule has 13 heteroatoms. The van der Waals surface area contributed by atoms with E-state index in [1.165, 1.54) is 12.5 Å². The van der Waals surface area contributed by atoms with E-state index in [2.05, 4.69) is 59.9 Å². The number of allylic oxidation sites excluding steroid dienone is 2. The summed E-state index contributed by atoms with van der Waals surface area (Å²) in [5.74, 6) is -3.05. The second kappa shape index (κ2) is 14.9. The Morgan fingerprint density at radius 1 is 0.737 bits per heavy atom. The van der Waals surface area contributed by atoms with Crippen LogP contribution in [0, 0.1) is 50.2 Å². The summed E-state index contributed by atoms with van der Waals surface area (Å²) in [6.07, 6.45) is 0.698. The molecule has 0 aromatic heterocycles. The lowest BCUT2D eigenvalue weighted by atomic mass is 9.33. The molecule has 5 aliphatic carbocycles. The molecule has 1 aliphatic heterocycles. The van der Waals surface area contributed by atoms with Gasteiger partial charge in [-0.05, 0) is 103 Å². The second-order valence-electron chi connectivity index (χ2n) is 20.4. The van der Waals surface area contributed by atoms with Crippen molar-refractivity contribution in [2.45, 2.75) is 177 Å². The minimum Gasteiger partial charge on any atom is -0.463 e. The molecule has 0 unspecified atom stereocenters. The highest BCUT2D eigenvalue weighted by Crippen LogP contribution is 2.75. The maximum absolute atomic E-state index is 15.3. The molecule has 13 nitrogen and oxygen atoms in total. The van der Waals surface area contributed by atoms with Gasteiger partial charge in [0.25, 0.3) is 0 Å². The van der Waals surface area contributed by atoms with Crippen LogP contribution < -0.4 is 5.32 Å². The Morgan fingerprint density at radius 2 is 1.35 bits per heavy atom. The Balaban J connectivity index is 1.40. The number of ether oxygens (including phenoxy) is 5. The fourth-order valence-corrected chi connectivity index (χ4v) is 13.4. The predicted molar refractivity (Wildman–Crippen MR) is 207 cm³/mol. The Hall–Kier alpha value is -3.03. The maximum Gasteiger partial charge on any atom is 0.303 e. The van der Waals surface area contributed by atoms with E-state index in [0.29, 0.717) is 37.5 Å². The summed E-state index contributed by atoms with van der Waals surface area (Å²) >= 11 is 0. The van der Waals surface area contributed by atoms with Crippen molar-refractivity contribution in [1.82, 2.24) is 5.32 Å². The molecule has 57 heavy (non-hydrogen) atoms. The molecule has 1 saturated heterocycles. The van der Waals surface area contributed by atoms with E-state index in [4.69, 9.17) is 23.7 Å². The van der Waals surface area contributed by atoms with Crippen LogP contribution in [0.15, 0.2) is 11.6 Å². The highest BCUT2D eigenvalue weighted by molar-refractivity contribution is 5.85. The zero-order valence-electron chi connectivity index (χ0n) is 35.9. The van der Waals surface area contributed by atoms with Crippen LogP contribution in [0.2, 0.25) is 0 Å². The number of hydrogen-bond acceptors (Lipinski definition) is 12. The number of amides is 1. The van der Waals surface area contributed by atoms with Crippen LogP contribution in [0.5, 0.6) is 0 Å². The predicted octanol–water partition coefficient (Wildman–Crippen LogP) is 5.32. The SMILES string of the molecule is CC(=O)OC[C@H]1O[C@@H](NC(=O)[C@]23CCC(C)(C)C[C@H]2C2=CC[C@@H]4[C@@]5(C)CC[C@H](O)C(C)(C)[C@@H]5CC[C@@]4(C)[C@]2(C)C[C@H]3O)[C@H](OC(C)=O)[C@@H](OC(C)=O)[C@H]1OC(C)=O. The summed E-state index contributed by atoms with van der Waals surface area (Å²) < 4.78 is 28.4. The van der Waals surface area contributed by atoms with Crippen molar-refractivity contribution in [3.05, 3.63) is 11.6 Å². The first-order valence-corrected chi connectivity index (χ1v) is 21.0. The molecule has 3 N–H and O–H groups in total. The Morgan fingerprint density at radius 3 is 1.96 bits per heavy atom. The Labute approximate surface area is 337 Å². The molecule has 0 aromatic rings. The molecule has 0 bridgehead atoms. The van der Waals surface area contributed by atoms with Crippen LogP contribution in [0.1, 0.15) is 134 Å². The molecule has 6 rings (SSSR count). The summed E-state index contributed by atoms with van der Waals surface area (Å²) in [4.78, 5) is 64.6. The third-order valence-corrected chi connectivity index (χ3v) is 16.4. The van der Waals surface area contributed by atoms with E-state index >= 15 is 4.79 Å². The van der Waals surface area contributed by atoms with E-state index in [-0.39, 0.29) is 33.7 Å². The monoisotopic (exact) mass is 801 g/mol. The minimum atomic E-state index is -1.46. The van der Waals surface area contributed by atoms with Crippen molar-refractivity contribution in [3.63, 3.8) is 0 Å². The standard InChI is InChI=1S/C44H67NO12/c1-23(46)53-22-29-34(54-24(2)47)35(55-25(3)48)36(56-26(4)49)37(57-29)45-38(52)44-19-18-39(5,6)20-28(44)27-12-13-31-41(9)16-15-32(50)40(7,8)30(41)14-17-42(31,10)43(27,11)21-33(44)51/h12,28-37,50-51H,13-22H2,1-11H3,(H,45,52)/t28-,29+,30-,31+,32-,33+,34-,35-,36+,37+,41-,42+,43+,44+/m0/s1. The summed E-state index contributed by atoms with van der Waals surface area (Å²) in [5.41, 5.74) is -0.993. The average Bonchev–Trinajstić information content (AvgIpc) is 3.08. The van der Waals surface area contributed by atoms with Gasteiger partial charge in [-0.1, -0.05) is 60.1 Å². The van der Waals surface area contributed by atoms with Gasteiger partial charge in [0.15, 0.2) is 24.5 Å². The highest BCUT2D eigenvalue weighted by atomic mass is 16.7. The molecule has 0 radical (unpaired) electrons. The lowest BCUT2D eigenvalue weighted by Crippen LogP contribution is -2.71. The molecule has 320 valence electrons. The number of hydrogen-bond donors (Lipinski definition) is 3. The molecular weight excluding hydrogens is 734 g/mol. The van der Waals surface area contributed by atoms with Gasteiger partial charge >= 0.3 is 23.9 Å². The summed E-state index contributed by atoms with van der Waals surface area (Å²) in [6.45, 7) is 20.3. The largest absolute Gasteiger partial charge is 0.463 e. The zero-order chi connectivity index (χ0) is 42.3. The molecule has 0 spiro atoms.